The van der Waals surface area contributed by atoms with Gasteiger partial charge in [-0.3, -0.25) is 14.5 Å². The Kier molecular flexibility index (Phi) is 6.60. The highest BCUT2D eigenvalue weighted by Gasteiger charge is 2.42. The van der Waals surface area contributed by atoms with Crippen molar-refractivity contribution >= 4 is 17.4 Å². The number of amides is 2. The molecule has 0 spiro atoms. The molecule has 0 aromatic heterocycles. The molecule has 1 aliphatic rings. The number of imide groups is 1. The summed E-state index contributed by atoms with van der Waals surface area (Å²) in [6.07, 6.45) is 0.0678. The zero-order chi connectivity index (χ0) is 21.8. The maximum atomic E-state index is 13.3. The molecule has 30 heavy (non-hydrogen) atoms. The number of benzene rings is 2. The number of hydrogen-bond donors (Lipinski definition) is 0. The number of rotatable bonds is 8. The van der Waals surface area contributed by atoms with Crippen LogP contribution >= 0.6 is 0 Å². The SMILES string of the molecule is CCN(Cc1ccccc1)C1=C(c2ccc(OC(C)C)cc2)C(=O)N(C(C)C)C1=O. The molecule has 1 heterocycles. The summed E-state index contributed by atoms with van der Waals surface area (Å²) in [4.78, 5) is 30.0. The van der Waals surface area contributed by atoms with Crippen molar-refractivity contribution in [1.29, 1.82) is 0 Å². The topological polar surface area (TPSA) is 49.9 Å². The Morgan fingerprint density at radius 2 is 1.53 bits per heavy atom. The van der Waals surface area contributed by atoms with E-state index >= 15 is 0 Å². The Balaban J connectivity index is 2.05. The Morgan fingerprint density at radius 3 is 2.07 bits per heavy atom. The predicted octanol–water partition coefficient (Wildman–Crippen LogP) is 4.48. The zero-order valence-corrected chi connectivity index (χ0v) is 18.4. The number of hydrogen-bond acceptors (Lipinski definition) is 4. The highest BCUT2D eigenvalue weighted by Crippen LogP contribution is 2.34. The first-order valence-corrected chi connectivity index (χ1v) is 10.5. The molecule has 0 bridgehead atoms. The fourth-order valence-corrected chi connectivity index (χ4v) is 3.68. The van der Waals surface area contributed by atoms with Gasteiger partial charge < -0.3 is 9.64 Å². The van der Waals surface area contributed by atoms with E-state index in [0.29, 0.717) is 24.4 Å². The molecule has 0 unspecified atom stereocenters. The normalized spacial score (nSPS) is 14.3. The van der Waals surface area contributed by atoms with Crippen LogP contribution in [0.25, 0.3) is 5.57 Å². The number of carbonyl (C=O) groups is 2. The number of likely N-dealkylation sites (N-methyl/N-ethyl adjacent to an activating group) is 1. The van der Waals surface area contributed by atoms with Crippen LogP contribution < -0.4 is 4.74 Å². The van der Waals surface area contributed by atoms with Crippen LogP contribution in [0.4, 0.5) is 0 Å². The number of ether oxygens (including phenoxy) is 1. The zero-order valence-electron chi connectivity index (χ0n) is 18.4. The van der Waals surface area contributed by atoms with Crippen LogP contribution in [0.1, 0.15) is 45.7 Å². The Hall–Kier alpha value is -3.08. The summed E-state index contributed by atoms with van der Waals surface area (Å²) in [5.74, 6) is 0.268. The summed E-state index contributed by atoms with van der Waals surface area (Å²) in [5, 5.41) is 0. The van der Waals surface area contributed by atoms with Crippen LogP contribution in [-0.4, -0.2) is 40.3 Å². The molecule has 2 aromatic carbocycles. The molecule has 158 valence electrons. The summed E-state index contributed by atoms with van der Waals surface area (Å²) in [6, 6.07) is 17.2. The fourth-order valence-electron chi connectivity index (χ4n) is 3.68. The second-order valence-corrected chi connectivity index (χ2v) is 7.99. The van der Waals surface area contributed by atoms with Crippen LogP contribution in [0.15, 0.2) is 60.3 Å². The first-order chi connectivity index (χ1) is 14.3. The summed E-state index contributed by atoms with van der Waals surface area (Å²) >= 11 is 0. The van der Waals surface area contributed by atoms with Crippen molar-refractivity contribution in [2.24, 2.45) is 0 Å². The van der Waals surface area contributed by atoms with Gasteiger partial charge in [0.05, 0.1) is 11.7 Å². The molecule has 0 atom stereocenters. The molecule has 2 aromatic rings. The summed E-state index contributed by atoms with van der Waals surface area (Å²) in [5.41, 5.74) is 2.75. The van der Waals surface area contributed by atoms with Gasteiger partial charge >= 0.3 is 0 Å². The lowest BCUT2D eigenvalue weighted by Gasteiger charge is -2.25. The van der Waals surface area contributed by atoms with E-state index in [9.17, 15) is 9.59 Å². The van der Waals surface area contributed by atoms with Gasteiger partial charge in [0, 0.05) is 19.1 Å². The van der Waals surface area contributed by atoms with E-state index in [4.69, 9.17) is 4.74 Å². The van der Waals surface area contributed by atoms with E-state index in [-0.39, 0.29) is 24.0 Å². The Bertz CT molecular complexity index is 931. The highest BCUT2D eigenvalue weighted by atomic mass is 16.5. The van der Waals surface area contributed by atoms with Gasteiger partial charge in [-0.1, -0.05) is 42.5 Å². The smallest absolute Gasteiger partial charge is 0.278 e. The van der Waals surface area contributed by atoms with Crippen molar-refractivity contribution in [3.05, 3.63) is 71.4 Å². The second-order valence-electron chi connectivity index (χ2n) is 7.99. The molecule has 0 saturated heterocycles. The molecule has 0 fully saturated rings. The van der Waals surface area contributed by atoms with Gasteiger partial charge in [0.25, 0.3) is 11.8 Å². The quantitative estimate of drug-likeness (QED) is 0.607. The summed E-state index contributed by atoms with van der Waals surface area (Å²) in [6.45, 7) is 10.9. The average molecular weight is 407 g/mol. The van der Waals surface area contributed by atoms with E-state index in [2.05, 4.69) is 0 Å². The van der Waals surface area contributed by atoms with E-state index in [0.717, 1.165) is 16.9 Å². The number of nitrogens with zero attached hydrogens (tertiary/aromatic N) is 2. The standard InChI is InChI=1S/C25H30N2O3/c1-6-26(16-19-10-8-7-9-11-19)23-22(24(28)27(17(2)3)25(23)29)20-12-14-21(15-13-20)30-18(4)5/h7-15,17-18H,6,16H2,1-5H3. The van der Waals surface area contributed by atoms with Gasteiger partial charge in [-0.15, -0.1) is 0 Å². The van der Waals surface area contributed by atoms with Gasteiger partial charge in [-0.25, -0.2) is 0 Å². The first kappa shape index (κ1) is 21.6. The van der Waals surface area contributed by atoms with Gasteiger partial charge in [0.15, 0.2) is 0 Å². The van der Waals surface area contributed by atoms with Crippen LogP contribution in [-0.2, 0) is 16.1 Å². The minimum atomic E-state index is -0.242. The predicted molar refractivity (Wildman–Crippen MR) is 119 cm³/mol. The highest BCUT2D eigenvalue weighted by molar-refractivity contribution is 6.35. The van der Waals surface area contributed by atoms with Crippen molar-refractivity contribution in [2.75, 3.05) is 6.54 Å². The van der Waals surface area contributed by atoms with E-state index in [1.54, 1.807) is 0 Å². The van der Waals surface area contributed by atoms with Crippen LogP contribution in [0.3, 0.4) is 0 Å². The largest absolute Gasteiger partial charge is 0.491 e. The maximum Gasteiger partial charge on any atom is 0.278 e. The first-order valence-electron chi connectivity index (χ1n) is 10.5. The van der Waals surface area contributed by atoms with Crippen molar-refractivity contribution in [2.45, 2.75) is 53.3 Å². The second kappa shape index (κ2) is 9.16. The minimum absolute atomic E-state index is 0.0678. The maximum absolute atomic E-state index is 13.3. The fraction of sp³-hybridized carbons (Fsp3) is 0.360. The van der Waals surface area contributed by atoms with Crippen molar-refractivity contribution < 1.29 is 14.3 Å². The van der Waals surface area contributed by atoms with Gasteiger partial charge in [0.1, 0.15) is 11.4 Å². The molecule has 2 amide bonds. The third-order valence-electron chi connectivity index (χ3n) is 5.04. The van der Waals surface area contributed by atoms with E-state index in [1.807, 2.05) is 94.1 Å². The third kappa shape index (κ3) is 4.40. The number of carbonyl (C=O) groups excluding carboxylic acids is 2. The van der Waals surface area contributed by atoms with Crippen molar-refractivity contribution in [3.8, 4) is 5.75 Å². The van der Waals surface area contributed by atoms with Crippen molar-refractivity contribution in [3.63, 3.8) is 0 Å². The summed E-state index contributed by atoms with van der Waals surface area (Å²) in [7, 11) is 0. The Morgan fingerprint density at radius 1 is 0.900 bits per heavy atom. The molecular formula is C25H30N2O3. The molecule has 0 N–H and O–H groups in total. The molecule has 0 saturated carbocycles. The van der Waals surface area contributed by atoms with E-state index in [1.165, 1.54) is 4.90 Å². The molecule has 1 aliphatic heterocycles. The molecular weight excluding hydrogens is 376 g/mol. The van der Waals surface area contributed by atoms with Crippen LogP contribution in [0.5, 0.6) is 5.75 Å². The lowest BCUT2D eigenvalue weighted by atomic mass is 10.0. The van der Waals surface area contributed by atoms with Gasteiger partial charge in [-0.05, 0) is 57.9 Å². The average Bonchev–Trinajstić information content (AvgIpc) is 2.97. The molecule has 3 rings (SSSR count). The monoisotopic (exact) mass is 406 g/mol. The van der Waals surface area contributed by atoms with Crippen molar-refractivity contribution in [1.82, 2.24) is 9.80 Å². The van der Waals surface area contributed by atoms with Gasteiger partial charge in [-0.2, -0.15) is 0 Å². The van der Waals surface area contributed by atoms with Crippen LogP contribution in [0, 0.1) is 0 Å². The minimum Gasteiger partial charge on any atom is -0.491 e. The lowest BCUT2D eigenvalue weighted by molar-refractivity contribution is -0.139. The molecule has 5 nitrogen and oxygen atoms in total. The third-order valence-corrected chi connectivity index (χ3v) is 5.04. The van der Waals surface area contributed by atoms with Gasteiger partial charge in [0.2, 0.25) is 0 Å². The molecule has 5 heteroatoms. The summed E-state index contributed by atoms with van der Waals surface area (Å²) < 4.78 is 5.72. The van der Waals surface area contributed by atoms with Crippen LogP contribution in [0.2, 0.25) is 0 Å². The molecule has 0 aliphatic carbocycles. The molecule has 0 radical (unpaired) electrons. The Labute approximate surface area is 178 Å². The lowest BCUT2D eigenvalue weighted by Crippen LogP contribution is -2.39. The van der Waals surface area contributed by atoms with E-state index < -0.39 is 0 Å².